The summed E-state index contributed by atoms with van der Waals surface area (Å²) in [4.78, 5) is 27.4. The third kappa shape index (κ3) is 5.23. The minimum absolute atomic E-state index is 0.0602. The van der Waals surface area contributed by atoms with Crippen LogP contribution in [0.1, 0.15) is 39.0 Å². The van der Waals surface area contributed by atoms with E-state index in [2.05, 4.69) is 11.9 Å². The highest BCUT2D eigenvalue weighted by molar-refractivity contribution is 5.88. The molecule has 3 rings (SSSR count). The molecule has 1 aromatic heterocycles. The molecule has 1 unspecified atom stereocenters. The molecule has 0 bridgehead atoms. The number of carbonyl (C=O) groups is 1. The van der Waals surface area contributed by atoms with Crippen LogP contribution in [0.2, 0.25) is 0 Å². The van der Waals surface area contributed by atoms with Gasteiger partial charge in [-0.3, -0.25) is 9.59 Å². The number of rotatable bonds is 10. The molecule has 6 nitrogen and oxygen atoms in total. The fourth-order valence-corrected chi connectivity index (χ4v) is 3.53. The zero-order valence-corrected chi connectivity index (χ0v) is 17.7. The van der Waals surface area contributed by atoms with Gasteiger partial charge in [0.25, 0.3) is 0 Å². The summed E-state index contributed by atoms with van der Waals surface area (Å²) in [5.41, 5.74) is 6.15. The van der Waals surface area contributed by atoms with Crippen LogP contribution in [0.4, 0.5) is 4.39 Å². The SMILES string of the molecule is CCCCC(CCC(N)=O)Oc1ccc(F)c2c(=O)c(-c3ccc(OC)cc3)c[nH]c12. The van der Waals surface area contributed by atoms with E-state index < -0.39 is 17.2 Å². The highest BCUT2D eigenvalue weighted by atomic mass is 19.1. The number of carbonyl (C=O) groups excluding carboxylic acids is 1. The Morgan fingerprint density at radius 1 is 1.16 bits per heavy atom. The lowest BCUT2D eigenvalue weighted by atomic mass is 10.0. The second-order valence-electron chi connectivity index (χ2n) is 7.44. The Morgan fingerprint density at radius 2 is 1.90 bits per heavy atom. The summed E-state index contributed by atoms with van der Waals surface area (Å²) < 4.78 is 25.9. The van der Waals surface area contributed by atoms with E-state index >= 15 is 0 Å². The quantitative estimate of drug-likeness (QED) is 0.497. The van der Waals surface area contributed by atoms with Crippen LogP contribution in [-0.4, -0.2) is 24.1 Å². The molecule has 0 aliphatic rings. The Kier molecular flexibility index (Phi) is 7.28. The van der Waals surface area contributed by atoms with Crippen LogP contribution in [0, 0.1) is 5.82 Å². The lowest BCUT2D eigenvalue weighted by molar-refractivity contribution is -0.118. The van der Waals surface area contributed by atoms with Crippen LogP contribution in [0.5, 0.6) is 11.5 Å². The number of hydrogen-bond acceptors (Lipinski definition) is 4. The fraction of sp³-hybridized carbons (Fsp3) is 0.333. The van der Waals surface area contributed by atoms with Crippen molar-refractivity contribution < 1.29 is 18.7 Å². The van der Waals surface area contributed by atoms with Gasteiger partial charge in [0.15, 0.2) is 5.43 Å². The lowest BCUT2D eigenvalue weighted by Crippen LogP contribution is -2.21. The molecule has 31 heavy (non-hydrogen) atoms. The topological polar surface area (TPSA) is 94.4 Å². The average molecular weight is 426 g/mol. The van der Waals surface area contributed by atoms with E-state index in [1.807, 2.05) is 0 Å². The summed E-state index contributed by atoms with van der Waals surface area (Å²) in [6, 6.07) is 9.72. The highest BCUT2D eigenvalue weighted by Gasteiger charge is 2.18. The molecule has 0 spiro atoms. The predicted octanol–water partition coefficient (Wildman–Crippen LogP) is 4.55. The fourth-order valence-electron chi connectivity index (χ4n) is 3.53. The number of primary amides is 1. The van der Waals surface area contributed by atoms with Crippen LogP contribution in [0.25, 0.3) is 22.0 Å². The van der Waals surface area contributed by atoms with Crippen LogP contribution in [0.15, 0.2) is 47.4 Å². The van der Waals surface area contributed by atoms with Crippen molar-refractivity contribution in [1.82, 2.24) is 4.98 Å². The molecular weight excluding hydrogens is 399 g/mol. The lowest BCUT2D eigenvalue weighted by Gasteiger charge is -2.20. The van der Waals surface area contributed by atoms with Crippen molar-refractivity contribution in [3.8, 4) is 22.6 Å². The smallest absolute Gasteiger partial charge is 0.217 e. The Bertz CT molecular complexity index is 1110. The maximum absolute atomic E-state index is 14.7. The summed E-state index contributed by atoms with van der Waals surface area (Å²) in [5, 5.41) is -0.0602. The predicted molar refractivity (Wildman–Crippen MR) is 119 cm³/mol. The Balaban J connectivity index is 2.00. The minimum Gasteiger partial charge on any atom is -0.497 e. The second-order valence-corrected chi connectivity index (χ2v) is 7.44. The maximum atomic E-state index is 14.7. The highest BCUT2D eigenvalue weighted by Crippen LogP contribution is 2.29. The third-order valence-electron chi connectivity index (χ3n) is 5.24. The number of H-pyrrole nitrogens is 1. The van der Waals surface area contributed by atoms with E-state index in [9.17, 15) is 14.0 Å². The van der Waals surface area contributed by atoms with Crippen molar-refractivity contribution in [3.63, 3.8) is 0 Å². The number of methoxy groups -OCH3 is 1. The summed E-state index contributed by atoms with van der Waals surface area (Å²) in [5.74, 6) is 0.0186. The summed E-state index contributed by atoms with van der Waals surface area (Å²) >= 11 is 0. The maximum Gasteiger partial charge on any atom is 0.217 e. The third-order valence-corrected chi connectivity index (χ3v) is 5.24. The number of amides is 1. The largest absolute Gasteiger partial charge is 0.497 e. The van der Waals surface area contributed by atoms with E-state index in [1.54, 1.807) is 37.6 Å². The number of benzene rings is 2. The molecular formula is C24H27FN2O4. The normalized spacial score (nSPS) is 12.0. The number of pyridine rings is 1. The molecule has 3 N–H and O–H groups in total. The van der Waals surface area contributed by atoms with Crippen LogP contribution < -0.4 is 20.6 Å². The van der Waals surface area contributed by atoms with Crippen molar-refractivity contribution in [3.05, 3.63) is 58.6 Å². The number of halogens is 1. The monoisotopic (exact) mass is 426 g/mol. The Hall–Kier alpha value is -3.35. The summed E-state index contributed by atoms with van der Waals surface area (Å²) in [6.45, 7) is 2.07. The summed E-state index contributed by atoms with van der Waals surface area (Å²) in [7, 11) is 1.56. The van der Waals surface area contributed by atoms with E-state index in [4.69, 9.17) is 15.2 Å². The molecule has 1 atom stereocenters. The van der Waals surface area contributed by atoms with Gasteiger partial charge in [-0.2, -0.15) is 0 Å². The van der Waals surface area contributed by atoms with Gasteiger partial charge in [-0.05, 0) is 42.7 Å². The second kappa shape index (κ2) is 10.1. The van der Waals surface area contributed by atoms with Gasteiger partial charge in [-0.15, -0.1) is 0 Å². The van der Waals surface area contributed by atoms with Crippen LogP contribution in [0.3, 0.4) is 0 Å². The first-order valence-corrected chi connectivity index (χ1v) is 10.4. The van der Waals surface area contributed by atoms with Gasteiger partial charge < -0.3 is 20.2 Å². The van der Waals surface area contributed by atoms with Gasteiger partial charge >= 0.3 is 0 Å². The number of unbranched alkanes of at least 4 members (excludes halogenated alkanes) is 1. The van der Waals surface area contributed by atoms with Crippen molar-refractivity contribution in [2.45, 2.75) is 45.1 Å². The van der Waals surface area contributed by atoms with Gasteiger partial charge in [0.05, 0.1) is 24.1 Å². The molecule has 0 aliphatic heterocycles. The van der Waals surface area contributed by atoms with Gasteiger partial charge in [-0.25, -0.2) is 4.39 Å². The van der Waals surface area contributed by atoms with E-state index in [0.717, 1.165) is 19.3 Å². The van der Waals surface area contributed by atoms with E-state index in [-0.39, 0.29) is 17.9 Å². The molecule has 0 aliphatic carbocycles. The zero-order chi connectivity index (χ0) is 22.4. The van der Waals surface area contributed by atoms with Crippen molar-refractivity contribution >= 4 is 16.8 Å². The average Bonchev–Trinajstić information content (AvgIpc) is 2.77. The molecule has 0 radical (unpaired) electrons. The number of fused-ring (bicyclic) bond motifs is 1. The number of hydrogen-bond donors (Lipinski definition) is 2. The molecule has 164 valence electrons. The molecule has 3 aromatic rings. The molecule has 1 amide bonds. The number of aromatic nitrogens is 1. The minimum atomic E-state index is -0.624. The Labute approximate surface area is 180 Å². The van der Waals surface area contributed by atoms with Crippen molar-refractivity contribution in [2.75, 3.05) is 7.11 Å². The Morgan fingerprint density at radius 3 is 2.55 bits per heavy atom. The molecule has 7 heteroatoms. The first kappa shape index (κ1) is 22.3. The molecule has 0 saturated carbocycles. The number of nitrogens with one attached hydrogen (secondary N) is 1. The molecule has 1 heterocycles. The van der Waals surface area contributed by atoms with Gasteiger partial charge in [0.2, 0.25) is 5.91 Å². The van der Waals surface area contributed by atoms with E-state index in [1.165, 1.54) is 12.1 Å². The van der Waals surface area contributed by atoms with Gasteiger partial charge in [0.1, 0.15) is 17.3 Å². The van der Waals surface area contributed by atoms with Crippen LogP contribution >= 0.6 is 0 Å². The van der Waals surface area contributed by atoms with Crippen LogP contribution in [-0.2, 0) is 4.79 Å². The van der Waals surface area contributed by atoms with E-state index in [0.29, 0.717) is 34.6 Å². The summed E-state index contributed by atoms with van der Waals surface area (Å²) in [6.07, 6.45) is 4.59. The number of nitrogens with two attached hydrogens (primary N) is 1. The number of ether oxygens (including phenoxy) is 2. The standard InChI is InChI=1S/C24H27FN2O4/c1-3-4-5-17(10-13-21(26)28)31-20-12-11-19(25)22-23(20)27-14-18(24(22)29)15-6-8-16(30-2)9-7-15/h6-9,11-12,14,17H,3-5,10,13H2,1-2H3,(H2,26,28)(H,27,29). The molecule has 2 aromatic carbocycles. The van der Waals surface area contributed by atoms with Crippen molar-refractivity contribution in [2.24, 2.45) is 5.73 Å². The zero-order valence-electron chi connectivity index (χ0n) is 17.7. The first-order chi connectivity index (χ1) is 14.9. The van der Waals surface area contributed by atoms with Crippen molar-refractivity contribution in [1.29, 1.82) is 0 Å². The van der Waals surface area contributed by atoms with Gasteiger partial charge in [0, 0.05) is 18.2 Å². The molecule has 0 fully saturated rings. The molecule has 0 saturated heterocycles. The van der Waals surface area contributed by atoms with Gasteiger partial charge in [-0.1, -0.05) is 31.9 Å². The number of aromatic amines is 1. The first-order valence-electron chi connectivity index (χ1n) is 10.4.